The molecule has 0 aliphatic carbocycles. The number of amides is 1. The van der Waals surface area contributed by atoms with Crippen LogP contribution < -0.4 is 5.32 Å². The lowest BCUT2D eigenvalue weighted by molar-refractivity contribution is -0.114. The number of rotatable bonds is 1. The third-order valence-electron chi connectivity index (χ3n) is 5.61. The molecule has 2 aromatic rings. The Morgan fingerprint density at radius 2 is 2.04 bits per heavy atom. The topological polar surface area (TPSA) is 57.4 Å². The van der Waals surface area contributed by atoms with Crippen LogP contribution in [0.4, 0.5) is 0 Å². The summed E-state index contributed by atoms with van der Waals surface area (Å²) >= 11 is 0. The van der Waals surface area contributed by atoms with Crippen LogP contribution in [0.5, 0.6) is 0 Å². The van der Waals surface area contributed by atoms with Gasteiger partial charge in [0.05, 0.1) is 18.8 Å². The number of ether oxygens (including phenoxy) is 1. The molecule has 0 bridgehead atoms. The van der Waals surface area contributed by atoms with Crippen LogP contribution in [0.15, 0.2) is 18.2 Å². The second-order valence-corrected chi connectivity index (χ2v) is 7.14. The number of fused-ring (bicyclic) bond motifs is 1. The second-order valence-electron chi connectivity index (χ2n) is 7.14. The summed E-state index contributed by atoms with van der Waals surface area (Å²) in [5, 5.41) is 4.52. The number of piperidine rings is 1. The van der Waals surface area contributed by atoms with Crippen molar-refractivity contribution in [3.63, 3.8) is 0 Å². The van der Waals surface area contributed by atoms with E-state index in [1.54, 1.807) is 0 Å². The standard InChI is InChI=1S/C19H25N3O2/c1-13-14(2)21-17-4-3-15(11-16(13)17)18(23)22-9-10-24-19(12-22)5-7-20-8-6-19/h3-4,11,20-21H,5-10,12H2,1-2H3. The Kier molecular flexibility index (Phi) is 3.85. The van der Waals surface area contributed by atoms with Crippen LogP contribution in [0.1, 0.15) is 34.5 Å². The smallest absolute Gasteiger partial charge is 0.254 e. The van der Waals surface area contributed by atoms with E-state index < -0.39 is 0 Å². The molecule has 1 aromatic carbocycles. The van der Waals surface area contributed by atoms with Crippen LogP contribution in [0, 0.1) is 13.8 Å². The van der Waals surface area contributed by atoms with E-state index in [1.807, 2.05) is 23.1 Å². The van der Waals surface area contributed by atoms with E-state index in [0.717, 1.165) is 48.1 Å². The van der Waals surface area contributed by atoms with Crippen molar-refractivity contribution in [2.45, 2.75) is 32.3 Å². The molecule has 0 saturated carbocycles. The maximum absolute atomic E-state index is 13.0. The summed E-state index contributed by atoms with van der Waals surface area (Å²) in [5.74, 6) is 0.122. The van der Waals surface area contributed by atoms with Crippen molar-refractivity contribution in [3.8, 4) is 0 Å². The van der Waals surface area contributed by atoms with Gasteiger partial charge in [-0.05, 0) is 63.5 Å². The molecule has 24 heavy (non-hydrogen) atoms. The molecule has 1 aromatic heterocycles. The molecule has 2 saturated heterocycles. The fourth-order valence-corrected chi connectivity index (χ4v) is 3.98. The predicted molar refractivity (Wildman–Crippen MR) is 94.5 cm³/mol. The third kappa shape index (κ3) is 2.62. The number of carbonyl (C=O) groups is 1. The maximum atomic E-state index is 13.0. The third-order valence-corrected chi connectivity index (χ3v) is 5.61. The van der Waals surface area contributed by atoms with Crippen LogP contribution in [0.25, 0.3) is 10.9 Å². The number of aryl methyl sites for hydroxylation is 2. The average molecular weight is 327 g/mol. The predicted octanol–water partition coefficient (Wildman–Crippen LogP) is 2.38. The summed E-state index contributed by atoms with van der Waals surface area (Å²) in [6, 6.07) is 5.98. The first kappa shape index (κ1) is 15.7. The number of morpholine rings is 1. The molecule has 2 aliphatic rings. The molecule has 4 rings (SSSR count). The molecule has 3 heterocycles. The quantitative estimate of drug-likeness (QED) is 0.845. The average Bonchev–Trinajstić information content (AvgIpc) is 2.89. The van der Waals surface area contributed by atoms with Gasteiger partial charge in [0.1, 0.15) is 0 Å². The summed E-state index contributed by atoms with van der Waals surface area (Å²) in [6.07, 6.45) is 1.96. The van der Waals surface area contributed by atoms with Crippen molar-refractivity contribution in [3.05, 3.63) is 35.0 Å². The van der Waals surface area contributed by atoms with Gasteiger partial charge in [-0.15, -0.1) is 0 Å². The fraction of sp³-hybridized carbons (Fsp3) is 0.526. The van der Waals surface area contributed by atoms with Gasteiger partial charge in [0.2, 0.25) is 0 Å². The molecule has 5 nitrogen and oxygen atoms in total. The minimum absolute atomic E-state index is 0.122. The van der Waals surface area contributed by atoms with Gasteiger partial charge in [-0.2, -0.15) is 0 Å². The lowest BCUT2D eigenvalue weighted by Crippen LogP contribution is -2.57. The number of aromatic amines is 1. The number of hydrogen-bond donors (Lipinski definition) is 2. The van der Waals surface area contributed by atoms with Crippen molar-refractivity contribution in [1.82, 2.24) is 15.2 Å². The van der Waals surface area contributed by atoms with Crippen molar-refractivity contribution >= 4 is 16.8 Å². The van der Waals surface area contributed by atoms with Crippen LogP contribution in [0.3, 0.4) is 0 Å². The largest absolute Gasteiger partial charge is 0.371 e. The Labute approximate surface area is 142 Å². The van der Waals surface area contributed by atoms with E-state index in [4.69, 9.17) is 4.74 Å². The Hall–Kier alpha value is -1.85. The van der Waals surface area contributed by atoms with Gasteiger partial charge in [-0.1, -0.05) is 0 Å². The van der Waals surface area contributed by atoms with Crippen LogP contribution in [0.2, 0.25) is 0 Å². The number of nitrogens with one attached hydrogen (secondary N) is 2. The highest BCUT2D eigenvalue weighted by molar-refractivity contribution is 5.99. The zero-order valence-corrected chi connectivity index (χ0v) is 14.4. The van der Waals surface area contributed by atoms with E-state index in [0.29, 0.717) is 19.7 Å². The summed E-state index contributed by atoms with van der Waals surface area (Å²) < 4.78 is 6.08. The first-order valence-electron chi connectivity index (χ1n) is 8.81. The van der Waals surface area contributed by atoms with Gasteiger partial charge in [0.15, 0.2) is 0 Å². The van der Waals surface area contributed by atoms with Gasteiger partial charge in [0.25, 0.3) is 5.91 Å². The lowest BCUT2D eigenvalue weighted by Gasteiger charge is -2.45. The molecule has 2 aliphatic heterocycles. The molecule has 1 amide bonds. The Morgan fingerprint density at radius 3 is 2.83 bits per heavy atom. The van der Waals surface area contributed by atoms with Crippen molar-refractivity contribution in [1.29, 1.82) is 0 Å². The van der Waals surface area contributed by atoms with Crippen LogP contribution >= 0.6 is 0 Å². The highest BCUT2D eigenvalue weighted by atomic mass is 16.5. The SMILES string of the molecule is Cc1[nH]c2ccc(C(=O)N3CCOC4(CCNCC4)C3)cc2c1C. The van der Waals surface area contributed by atoms with Crippen LogP contribution in [-0.2, 0) is 4.74 Å². The minimum Gasteiger partial charge on any atom is -0.371 e. The van der Waals surface area contributed by atoms with Gasteiger partial charge in [0, 0.05) is 28.7 Å². The first-order valence-corrected chi connectivity index (χ1v) is 8.81. The van der Waals surface area contributed by atoms with Crippen molar-refractivity contribution in [2.75, 3.05) is 32.8 Å². The minimum atomic E-state index is -0.149. The number of nitrogens with zero attached hydrogens (tertiary/aromatic N) is 1. The molecule has 0 unspecified atom stereocenters. The molecule has 5 heteroatoms. The molecule has 0 radical (unpaired) electrons. The highest BCUT2D eigenvalue weighted by Crippen LogP contribution is 2.29. The Morgan fingerprint density at radius 1 is 1.25 bits per heavy atom. The molecule has 2 N–H and O–H groups in total. The van der Waals surface area contributed by atoms with Gasteiger partial charge in [-0.25, -0.2) is 0 Å². The summed E-state index contributed by atoms with van der Waals surface area (Å²) in [4.78, 5) is 18.4. The van der Waals surface area contributed by atoms with Crippen molar-refractivity contribution in [2.24, 2.45) is 0 Å². The number of hydrogen-bond acceptors (Lipinski definition) is 3. The number of H-pyrrole nitrogens is 1. The normalized spacial score (nSPS) is 20.7. The van der Waals surface area contributed by atoms with Crippen LogP contribution in [-0.4, -0.2) is 54.2 Å². The molecule has 1 spiro atoms. The molecule has 128 valence electrons. The molecule has 0 atom stereocenters. The van der Waals surface area contributed by atoms with E-state index in [9.17, 15) is 4.79 Å². The zero-order chi connectivity index (χ0) is 16.7. The van der Waals surface area contributed by atoms with Gasteiger partial charge in [-0.3, -0.25) is 4.79 Å². The Balaban J connectivity index is 1.59. The molecular formula is C19H25N3O2. The Bertz CT molecular complexity index is 769. The second kappa shape index (κ2) is 5.90. The number of carbonyl (C=O) groups excluding carboxylic acids is 1. The highest BCUT2D eigenvalue weighted by Gasteiger charge is 2.39. The van der Waals surface area contributed by atoms with Crippen molar-refractivity contribution < 1.29 is 9.53 Å². The lowest BCUT2D eigenvalue weighted by atomic mass is 9.90. The molecule has 2 fully saturated rings. The maximum Gasteiger partial charge on any atom is 0.254 e. The summed E-state index contributed by atoms with van der Waals surface area (Å²) in [6.45, 7) is 8.12. The number of benzene rings is 1. The molecular weight excluding hydrogens is 302 g/mol. The zero-order valence-electron chi connectivity index (χ0n) is 14.4. The van der Waals surface area contributed by atoms with E-state index >= 15 is 0 Å². The van der Waals surface area contributed by atoms with Gasteiger partial charge < -0.3 is 19.9 Å². The first-order chi connectivity index (χ1) is 11.6. The van der Waals surface area contributed by atoms with E-state index in [2.05, 4.69) is 24.1 Å². The van der Waals surface area contributed by atoms with E-state index in [-0.39, 0.29) is 11.5 Å². The summed E-state index contributed by atoms with van der Waals surface area (Å²) in [5.41, 5.74) is 4.10. The fourth-order valence-electron chi connectivity index (χ4n) is 3.98. The monoisotopic (exact) mass is 327 g/mol. The summed E-state index contributed by atoms with van der Waals surface area (Å²) in [7, 11) is 0. The number of aromatic nitrogens is 1. The van der Waals surface area contributed by atoms with E-state index in [1.165, 1.54) is 5.56 Å². The van der Waals surface area contributed by atoms with Gasteiger partial charge >= 0.3 is 0 Å².